The zero-order valence-corrected chi connectivity index (χ0v) is 14.5. The number of nitrogens with zero attached hydrogens (tertiary/aromatic N) is 2. The van der Waals surface area contributed by atoms with Gasteiger partial charge in [-0.05, 0) is 23.3 Å². The second-order valence-corrected chi connectivity index (χ2v) is 6.20. The Bertz CT molecular complexity index is 976. The van der Waals surface area contributed by atoms with Crippen LogP contribution in [-0.2, 0) is 20.1 Å². The second-order valence-electron chi connectivity index (χ2n) is 5.76. The average Bonchev–Trinajstić information content (AvgIpc) is 2.63. The van der Waals surface area contributed by atoms with E-state index < -0.39 is 0 Å². The van der Waals surface area contributed by atoms with Gasteiger partial charge in [-0.3, -0.25) is 13.9 Å². The van der Waals surface area contributed by atoms with Crippen molar-refractivity contribution in [1.29, 1.82) is 0 Å². The first-order valence-electron chi connectivity index (χ1n) is 7.88. The molecule has 0 unspecified atom stereocenters. The fourth-order valence-electron chi connectivity index (χ4n) is 2.53. The molecule has 0 fully saturated rings. The number of hydrogen-bond acceptors (Lipinski definition) is 3. The van der Waals surface area contributed by atoms with E-state index in [-0.39, 0.29) is 11.2 Å². The molecular weight excluding hydrogens is 338 g/mol. The van der Waals surface area contributed by atoms with Gasteiger partial charge in [-0.2, -0.15) is 0 Å². The summed E-state index contributed by atoms with van der Waals surface area (Å²) in [4.78, 5) is 24.6. The Labute approximate surface area is 150 Å². The van der Waals surface area contributed by atoms with E-state index in [1.807, 2.05) is 42.5 Å². The Morgan fingerprint density at radius 3 is 2.32 bits per heavy atom. The highest BCUT2D eigenvalue weighted by molar-refractivity contribution is 6.30. The van der Waals surface area contributed by atoms with Crippen LogP contribution in [0.5, 0.6) is 0 Å². The quantitative estimate of drug-likeness (QED) is 0.765. The third kappa shape index (κ3) is 4.00. The van der Waals surface area contributed by atoms with Gasteiger partial charge in [-0.25, -0.2) is 4.79 Å². The van der Waals surface area contributed by atoms with Crippen LogP contribution in [0.3, 0.4) is 0 Å². The molecule has 0 amide bonds. The summed E-state index contributed by atoms with van der Waals surface area (Å²) in [5.74, 6) is 0.493. The van der Waals surface area contributed by atoms with Crippen LogP contribution >= 0.6 is 11.6 Å². The maximum Gasteiger partial charge on any atom is 0.332 e. The Kier molecular flexibility index (Phi) is 5.05. The van der Waals surface area contributed by atoms with E-state index in [9.17, 15) is 9.59 Å². The zero-order chi connectivity index (χ0) is 17.8. The van der Waals surface area contributed by atoms with Crippen molar-refractivity contribution in [3.63, 3.8) is 0 Å². The molecule has 1 N–H and O–H groups in total. The van der Waals surface area contributed by atoms with Crippen molar-refractivity contribution in [1.82, 2.24) is 9.13 Å². The lowest BCUT2D eigenvalue weighted by Crippen LogP contribution is -2.39. The van der Waals surface area contributed by atoms with E-state index in [1.165, 1.54) is 13.1 Å². The van der Waals surface area contributed by atoms with Crippen molar-refractivity contribution < 1.29 is 0 Å². The van der Waals surface area contributed by atoms with Crippen LogP contribution in [0.15, 0.2) is 70.3 Å². The summed E-state index contributed by atoms with van der Waals surface area (Å²) in [6.45, 7) is 0.870. The highest BCUT2D eigenvalue weighted by atomic mass is 35.5. The summed E-state index contributed by atoms with van der Waals surface area (Å²) in [5, 5.41) is 3.85. The molecule has 3 rings (SSSR count). The van der Waals surface area contributed by atoms with Gasteiger partial charge in [0.25, 0.3) is 5.56 Å². The van der Waals surface area contributed by atoms with Crippen LogP contribution in [0.4, 0.5) is 5.82 Å². The second kappa shape index (κ2) is 7.40. The van der Waals surface area contributed by atoms with E-state index >= 15 is 0 Å². The molecule has 0 saturated heterocycles. The Morgan fingerprint density at radius 1 is 0.960 bits per heavy atom. The fraction of sp³-hybridized carbons (Fsp3) is 0.158. The molecule has 128 valence electrons. The highest BCUT2D eigenvalue weighted by Gasteiger charge is 2.10. The van der Waals surface area contributed by atoms with Crippen LogP contribution in [0.1, 0.15) is 11.1 Å². The first-order valence-corrected chi connectivity index (χ1v) is 8.25. The average molecular weight is 356 g/mol. The lowest BCUT2D eigenvalue weighted by Gasteiger charge is -2.15. The van der Waals surface area contributed by atoms with E-state index in [0.717, 1.165) is 15.7 Å². The summed E-state index contributed by atoms with van der Waals surface area (Å²) in [6, 6.07) is 18.5. The van der Waals surface area contributed by atoms with Gasteiger partial charge < -0.3 is 5.32 Å². The molecule has 5 nitrogen and oxygen atoms in total. The largest absolute Gasteiger partial charge is 0.367 e. The summed E-state index contributed by atoms with van der Waals surface area (Å²) in [5.41, 5.74) is 1.30. The Balaban J connectivity index is 1.92. The summed E-state index contributed by atoms with van der Waals surface area (Å²) < 4.78 is 2.67. The van der Waals surface area contributed by atoms with Crippen LogP contribution in [0, 0.1) is 0 Å². The predicted molar refractivity (Wildman–Crippen MR) is 100 cm³/mol. The summed E-state index contributed by atoms with van der Waals surface area (Å²) in [7, 11) is 1.48. The zero-order valence-electron chi connectivity index (χ0n) is 13.8. The minimum Gasteiger partial charge on any atom is -0.367 e. The third-order valence-corrected chi connectivity index (χ3v) is 4.22. The molecule has 0 spiro atoms. The predicted octanol–water partition coefficient (Wildman–Crippen LogP) is 2.86. The van der Waals surface area contributed by atoms with Crippen molar-refractivity contribution in [2.75, 3.05) is 5.32 Å². The van der Waals surface area contributed by atoms with E-state index in [2.05, 4.69) is 5.32 Å². The number of hydrogen-bond donors (Lipinski definition) is 1. The molecule has 1 heterocycles. The molecule has 0 aliphatic heterocycles. The third-order valence-electron chi connectivity index (χ3n) is 3.97. The summed E-state index contributed by atoms with van der Waals surface area (Å²) in [6.07, 6.45) is 0. The molecule has 0 aliphatic rings. The Hall–Kier alpha value is -2.79. The van der Waals surface area contributed by atoms with Crippen LogP contribution in [-0.4, -0.2) is 9.13 Å². The van der Waals surface area contributed by atoms with Gasteiger partial charge >= 0.3 is 5.69 Å². The SMILES string of the molecule is Cn1c(=O)cc(NCc2ccc(Cl)cc2)n(Cc2ccccc2)c1=O. The maximum atomic E-state index is 12.5. The number of anilines is 1. The minimum atomic E-state index is -0.352. The van der Waals surface area contributed by atoms with Gasteiger partial charge in [0, 0.05) is 24.7 Å². The molecule has 0 aliphatic carbocycles. The van der Waals surface area contributed by atoms with E-state index in [0.29, 0.717) is 23.9 Å². The van der Waals surface area contributed by atoms with Crippen molar-refractivity contribution in [3.05, 3.63) is 97.7 Å². The number of benzene rings is 2. The molecule has 3 aromatic rings. The van der Waals surface area contributed by atoms with Gasteiger partial charge in [0.1, 0.15) is 5.82 Å². The number of aromatic nitrogens is 2. The first kappa shape index (κ1) is 17.0. The highest BCUT2D eigenvalue weighted by Crippen LogP contribution is 2.12. The molecule has 0 radical (unpaired) electrons. The molecule has 0 saturated carbocycles. The first-order chi connectivity index (χ1) is 12.0. The number of nitrogens with one attached hydrogen (secondary N) is 1. The molecule has 25 heavy (non-hydrogen) atoms. The molecule has 1 aromatic heterocycles. The van der Waals surface area contributed by atoms with Gasteiger partial charge in [-0.15, -0.1) is 0 Å². The van der Waals surface area contributed by atoms with Crippen molar-refractivity contribution in [2.24, 2.45) is 7.05 Å². The number of rotatable bonds is 5. The normalized spacial score (nSPS) is 10.6. The molecule has 2 aromatic carbocycles. The van der Waals surface area contributed by atoms with Gasteiger partial charge in [0.15, 0.2) is 0 Å². The Morgan fingerprint density at radius 2 is 1.64 bits per heavy atom. The molecule has 0 bridgehead atoms. The van der Waals surface area contributed by atoms with E-state index in [1.54, 1.807) is 16.7 Å². The molecule has 6 heteroatoms. The van der Waals surface area contributed by atoms with Gasteiger partial charge in [0.05, 0.1) is 6.54 Å². The van der Waals surface area contributed by atoms with Crippen molar-refractivity contribution in [3.8, 4) is 0 Å². The summed E-state index contributed by atoms with van der Waals surface area (Å²) >= 11 is 5.89. The topological polar surface area (TPSA) is 56.0 Å². The van der Waals surface area contributed by atoms with E-state index in [4.69, 9.17) is 11.6 Å². The molecule has 0 atom stereocenters. The van der Waals surface area contributed by atoms with Gasteiger partial charge in [0.2, 0.25) is 0 Å². The monoisotopic (exact) mass is 355 g/mol. The van der Waals surface area contributed by atoms with Crippen molar-refractivity contribution >= 4 is 17.4 Å². The lowest BCUT2D eigenvalue weighted by molar-refractivity contribution is 0.649. The van der Waals surface area contributed by atoms with Crippen molar-refractivity contribution in [2.45, 2.75) is 13.1 Å². The van der Waals surface area contributed by atoms with Crippen LogP contribution < -0.4 is 16.6 Å². The maximum absolute atomic E-state index is 12.5. The smallest absolute Gasteiger partial charge is 0.332 e. The molecular formula is C19H18ClN3O2. The van der Waals surface area contributed by atoms with Crippen LogP contribution in [0.25, 0.3) is 0 Å². The van der Waals surface area contributed by atoms with Gasteiger partial charge in [-0.1, -0.05) is 54.1 Å². The standard InChI is InChI=1S/C19H18ClN3O2/c1-22-18(24)11-17(21-12-14-7-9-16(20)10-8-14)23(19(22)25)13-15-5-3-2-4-6-15/h2-11,21H,12-13H2,1H3. The van der Waals surface area contributed by atoms with Crippen LogP contribution in [0.2, 0.25) is 5.02 Å². The lowest BCUT2D eigenvalue weighted by atomic mass is 10.2. The number of halogens is 1. The minimum absolute atomic E-state index is 0.340. The fourth-order valence-corrected chi connectivity index (χ4v) is 2.66.